The zero-order valence-corrected chi connectivity index (χ0v) is 13.5. The fourth-order valence-corrected chi connectivity index (χ4v) is 3.84. The SMILES string of the molecule is CC(C)(C)OC(=O)N1C2CCC1CC(Nc1nncs1)C2. The molecule has 1 N–H and O–H groups in total. The Balaban J connectivity index is 1.63. The summed E-state index contributed by atoms with van der Waals surface area (Å²) in [4.78, 5) is 14.3. The molecule has 2 bridgehead atoms. The minimum Gasteiger partial charge on any atom is -0.444 e. The van der Waals surface area contributed by atoms with Crippen LogP contribution in [0.2, 0.25) is 0 Å². The molecular formula is C14H22N4O2S. The third-order valence-electron chi connectivity index (χ3n) is 4.03. The average Bonchev–Trinajstić information content (AvgIpc) is 2.94. The fourth-order valence-electron chi connectivity index (χ4n) is 3.32. The zero-order chi connectivity index (χ0) is 15.0. The maximum Gasteiger partial charge on any atom is 0.410 e. The molecule has 7 heteroatoms. The topological polar surface area (TPSA) is 67.3 Å². The summed E-state index contributed by atoms with van der Waals surface area (Å²) in [6.07, 6.45) is 3.88. The monoisotopic (exact) mass is 310 g/mol. The van der Waals surface area contributed by atoms with Gasteiger partial charge in [-0.05, 0) is 46.5 Å². The van der Waals surface area contributed by atoms with Gasteiger partial charge in [-0.3, -0.25) is 0 Å². The van der Waals surface area contributed by atoms with Crippen molar-refractivity contribution in [3.05, 3.63) is 5.51 Å². The maximum atomic E-state index is 12.4. The summed E-state index contributed by atoms with van der Waals surface area (Å²) < 4.78 is 5.55. The van der Waals surface area contributed by atoms with Gasteiger partial charge in [0.1, 0.15) is 11.1 Å². The minimum atomic E-state index is -0.432. The fraction of sp³-hybridized carbons (Fsp3) is 0.786. The smallest absolute Gasteiger partial charge is 0.410 e. The summed E-state index contributed by atoms with van der Waals surface area (Å²) >= 11 is 1.52. The van der Waals surface area contributed by atoms with Gasteiger partial charge in [0.2, 0.25) is 5.13 Å². The second-order valence-corrected chi connectivity index (χ2v) is 7.66. The molecule has 2 atom stereocenters. The molecule has 0 spiro atoms. The van der Waals surface area contributed by atoms with Gasteiger partial charge < -0.3 is 15.0 Å². The molecule has 2 unspecified atom stereocenters. The van der Waals surface area contributed by atoms with Crippen molar-refractivity contribution >= 4 is 22.6 Å². The molecular weight excluding hydrogens is 288 g/mol. The van der Waals surface area contributed by atoms with Crippen LogP contribution >= 0.6 is 11.3 Å². The molecule has 0 radical (unpaired) electrons. The van der Waals surface area contributed by atoms with Crippen molar-refractivity contribution in [2.75, 3.05) is 5.32 Å². The number of rotatable bonds is 2. The Kier molecular flexibility index (Phi) is 3.77. The molecule has 2 aliphatic rings. The number of fused-ring (bicyclic) bond motifs is 2. The van der Waals surface area contributed by atoms with Crippen LogP contribution in [0, 0.1) is 0 Å². The van der Waals surface area contributed by atoms with Crippen molar-refractivity contribution in [1.82, 2.24) is 15.1 Å². The van der Waals surface area contributed by atoms with E-state index in [2.05, 4.69) is 15.5 Å². The van der Waals surface area contributed by atoms with Crippen LogP contribution in [0.5, 0.6) is 0 Å². The number of piperidine rings is 1. The van der Waals surface area contributed by atoms with E-state index in [4.69, 9.17) is 4.74 Å². The number of carbonyl (C=O) groups is 1. The molecule has 0 saturated carbocycles. The van der Waals surface area contributed by atoms with Gasteiger partial charge >= 0.3 is 6.09 Å². The Labute approximate surface area is 128 Å². The van der Waals surface area contributed by atoms with E-state index >= 15 is 0 Å². The summed E-state index contributed by atoms with van der Waals surface area (Å²) in [5.41, 5.74) is 1.30. The number of nitrogens with zero attached hydrogens (tertiary/aromatic N) is 3. The molecule has 116 valence electrons. The molecule has 2 aliphatic heterocycles. The lowest BCUT2D eigenvalue weighted by atomic mass is 9.98. The van der Waals surface area contributed by atoms with Crippen LogP contribution < -0.4 is 5.32 Å². The average molecular weight is 310 g/mol. The van der Waals surface area contributed by atoms with Gasteiger partial charge in [-0.1, -0.05) is 11.3 Å². The van der Waals surface area contributed by atoms with Crippen molar-refractivity contribution in [2.24, 2.45) is 0 Å². The van der Waals surface area contributed by atoms with E-state index in [0.717, 1.165) is 30.8 Å². The Bertz CT molecular complexity index is 486. The Morgan fingerprint density at radius 3 is 2.57 bits per heavy atom. The molecule has 3 heterocycles. The minimum absolute atomic E-state index is 0.163. The van der Waals surface area contributed by atoms with Crippen LogP contribution in [0.15, 0.2) is 5.51 Å². The van der Waals surface area contributed by atoms with E-state index in [1.165, 1.54) is 11.3 Å². The standard InChI is InChI=1S/C14H22N4O2S/c1-14(2,3)20-13(19)18-10-4-5-11(18)7-9(6-10)16-12-17-15-8-21-12/h8-11H,4-7H2,1-3H3,(H,16,17). The van der Waals surface area contributed by atoms with Crippen LogP contribution in [0.1, 0.15) is 46.5 Å². The van der Waals surface area contributed by atoms with Gasteiger partial charge in [0.15, 0.2) is 0 Å². The molecule has 0 aliphatic carbocycles. The number of aromatic nitrogens is 2. The van der Waals surface area contributed by atoms with Crippen molar-refractivity contribution in [3.63, 3.8) is 0 Å². The number of ether oxygens (including phenoxy) is 1. The van der Waals surface area contributed by atoms with Crippen molar-refractivity contribution in [3.8, 4) is 0 Å². The van der Waals surface area contributed by atoms with Gasteiger partial charge in [-0.25, -0.2) is 4.79 Å². The number of hydrogen-bond acceptors (Lipinski definition) is 6. The van der Waals surface area contributed by atoms with Crippen molar-refractivity contribution in [2.45, 2.75) is 70.2 Å². The first kappa shape index (κ1) is 14.6. The quantitative estimate of drug-likeness (QED) is 0.909. The first-order valence-electron chi connectivity index (χ1n) is 7.46. The second kappa shape index (κ2) is 5.44. The van der Waals surface area contributed by atoms with Gasteiger partial charge in [0, 0.05) is 18.1 Å². The summed E-state index contributed by atoms with van der Waals surface area (Å²) in [5.74, 6) is 0. The number of anilines is 1. The lowest BCUT2D eigenvalue weighted by molar-refractivity contribution is 0.00683. The molecule has 21 heavy (non-hydrogen) atoms. The predicted octanol–water partition coefficient (Wildman–Crippen LogP) is 2.88. The normalized spacial score (nSPS) is 28.5. The number of amides is 1. The van der Waals surface area contributed by atoms with Gasteiger partial charge in [-0.2, -0.15) is 0 Å². The van der Waals surface area contributed by atoms with Gasteiger partial charge in [-0.15, -0.1) is 10.2 Å². The largest absolute Gasteiger partial charge is 0.444 e. The summed E-state index contributed by atoms with van der Waals surface area (Å²) in [6.45, 7) is 5.74. The Morgan fingerprint density at radius 1 is 1.38 bits per heavy atom. The van der Waals surface area contributed by atoms with Crippen LogP contribution in [0.3, 0.4) is 0 Å². The Morgan fingerprint density at radius 2 is 2.05 bits per heavy atom. The molecule has 6 nitrogen and oxygen atoms in total. The van der Waals surface area contributed by atoms with Crippen molar-refractivity contribution in [1.29, 1.82) is 0 Å². The molecule has 1 aromatic rings. The molecule has 2 saturated heterocycles. The highest BCUT2D eigenvalue weighted by Gasteiger charge is 2.44. The zero-order valence-electron chi connectivity index (χ0n) is 12.7. The van der Waals surface area contributed by atoms with Crippen LogP contribution in [-0.2, 0) is 4.74 Å². The van der Waals surface area contributed by atoms with E-state index in [1.807, 2.05) is 25.7 Å². The molecule has 1 aromatic heterocycles. The van der Waals surface area contributed by atoms with E-state index < -0.39 is 5.60 Å². The summed E-state index contributed by atoms with van der Waals surface area (Å²) in [5, 5.41) is 12.2. The number of nitrogens with one attached hydrogen (secondary N) is 1. The first-order chi connectivity index (χ1) is 9.92. The molecule has 0 aromatic carbocycles. The third-order valence-corrected chi connectivity index (χ3v) is 4.65. The van der Waals surface area contributed by atoms with E-state index in [-0.39, 0.29) is 18.2 Å². The van der Waals surface area contributed by atoms with E-state index in [9.17, 15) is 4.79 Å². The summed E-state index contributed by atoms with van der Waals surface area (Å²) in [6, 6.07) is 0.933. The van der Waals surface area contributed by atoms with Crippen molar-refractivity contribution < 1.29 is 9.53 Å². The van der Waals surface area contributed by atoms with Gasteiger partial charge in [0.05, 0.1) is 0 Å². The van der Waals surface area contributed by atoms with Gasteiger partial charge in [0.25, 0.3) is 0 Å². The van der Waals surface area contributed by atoms with Crippen LogP contribution in [0.4, 0.5) is 9.93 Å². The highest BCUT2D eigenvalue weighted by Crippen LogP contribution is 2.37. The highest BCUT2D eigenvalue weighted by atomic mass is 32.1. The van der Waals surface area contributed by atoms with E-state index in [0.29, 0.717) is 6.04 Å². The number of carbonyl (C=O) groups excluding carboxylic acids is 1. The van der Waals surface area contributed by atoms with E-state index in [1.54, 1.807) is 5.51 Å². The Hall–Kier alpha value is -1.37. The number of hydrogen-bond donors (Lipinski definition) is 1. The summed E-state index contributed by atoms with van der Waals surface area (Å²) in [7, 11) is 0. The molecule has 2 fully saturated rings. The second-order valence-electron chi connectivity index (χ2n) is 6.83. The lowest BCUT2D eigenvalue weighted by Crippen LogP contribution is -2.51. The lowest BCUT2D eigenvalue weighted by Gasteiger charge is -2.39. The predicted molar refractivity (Wildman–Crippen MR) is 81.4 cm³/mol. The van der Waals surface area contributed by atoms with Crippen LogP contribution in [0.25, 0.3) is 0 Å². The first-order valence-corrected chi connectivity index (χ1v) is 8.34. The maximum absolute atomic E-state index is 12.4. The molecule has 1 amide bonds. The van der Waals surface area contributed by atoms with Crippen LogP contribution in [-0.4, -0.2) is 44.9 Å². The highest BCUT2D eigenvalue weighted by molar-refractivity contribution is 7.13. The third kappa shape index (κ3) is 3.28. The molecule has 3 rings (SSSR count).